The molecule has 21 heteroatoms. The van der Waals surface area contributed by atoms with E-state index in [2.05, 4.69) is 40.9 Å². The third kappa shape index (κ3) is 11.3. The Balaban J connectivity index is 1.06. The van der Waals surface area contributed by atoms with Crippen molar-refractivity contribution >= 4 is 79.2 Å². The van der Waals surface area contributed by atoms with E-state index in [1.165, 1.54) is 36.4 Å². The zero-order chi connectivity index (χ0) is 44.0. The lowest BCUT2D eigenvalue weighted by Crippen LogP contribution is -2.37. The minimum atomic E-state index is -4.83. The second-order valence-electron chi connectivity index (χ2n) is 14.5. The van der Waals surface area contributed by atoms with Crippen molar-refractivity contribution in [3.63, 3.8) is 0 Å². The Bertz CT molecular complexity index is 2840. The van der Waals surface area contributed by atoms with Crippen molar-refractivity contribution in [1.82, 2.24) is 29.9 Å². The summed E-state index contributed by atoms with van der Waals surface area (Å²) in [6.45, 7) is 6.21. The smallest absolute Gasteiger partial charge is 0.295 e. The molecular weight excluding hydrogens is 851 g/mol. The van der Waals surface area contributed by atoms with Crippen molar-refractivity contribution in [1.29, 1.82) is 0 Å². The highest BCUT2D eigenvalue weighted by Crippen LogP contribution is 2.29. The number of aromatic nitrogens is 6. The van der Waals surface area contributed by atoms with Crippen LogP contribution >= 0.6 is 0 Å². The van der Waals surface area contributed by atoms with E-state index in [-0.39, 0.29) is 40.3 Å². The van der Waals surface area contributed by atoms with Gasteiger partial charge in [-0.3, -0.25) is 9.11 Å². The maximum Gasteiger partial charge on any atom is 0.295 e. The summed E-state index contributed by atoms with van der Waals surface area (Å²) < 4.78 is 82.7. The van der Waals surface area contributed by atoms with Crippen molar-refractivity contribution in [3.8, 4) is 0 Å². The molecular formula is C42H43N11O8S2. The summed E-state index contributed by atoms with van der Waals surface area (Å²) in [6.07, 6.45) is 3.03. The van der Waals surface area contributed by atoms with Crippen LogP contribution in [0.25, 0.3) is 12.2 Å². The molecule has 2 fully saturated rings. The van der Waals surface area contributed by atoms with Crippen LogP contribution in [0.15, 0.2) is 101 Å². The van der Waals surface area contributed by atoms with E-state index in [1.807, 2.05) is 71.3 Å². The third-order valence-corrected chi connectivity index (χ3v) is 11.8. The Kier molecular flexibility index (Phi) is 12.8. The van der Waals surface area contributed by atoms with Gasteiger partial charge in [0.05, 0.1) is 26.4 Å². The number of anilines is 8. The normalized spacial score (nSPS) is 14.8. The van der Waals surface area contributed by atoms with E-state index in [0.717, 1.165) is 16.8 Å². The molecule has 2 aromatic heterocycles. The molecule has 4 aromatic carbocycles. The molecule has 5 N–H and O–H groups in total. The molecule has 4 heterocycles. The van der Waals surface area contributed by atoms with Crippen LogP contribution in [-0.4, -0.2) is 108 Å². The summed E-state index contributed by atoms with van der Waals surface area (Å²) in [5.41, 5.74) is 3.31. The number of hydrogen-bond acceptors (Lipinski definition) is 17. The van der Waals surface area contributed by atoms with Gasteiger partial charge in [-0.1, -0.05) is 72.3 Å². The SMILES string of the molecule is Cc1ccc(Nc2nc(Nc3ccc(C=Cc4ccc(Nc5nc(Cc6ccccc6)nc(N6CCOCC6)n5)cc4S(=O)(=O)O)c(S(=O)(=O)O)c3)nc(N3CCOCC3)n2)cc1. The fourth-order valence-corrected chi connectivity index (χ4v) is 8.18. The van der Waals surface area contributed by atoms with Gasteiger partial charge < -0.3 is 35.2 Å². The van der Waals surface area contributed by atoms with Crippen LogP contribution < -0.4 is 25.8 Å². The average Bonchev–Trinajstić information content (AvgIpc) is 3.27. The highest BCUT2D eigenvalue weighted by molar-refractivity contribution is 7.86. The van der Waals surface area contributed by atoms with Crippen molar-refractivity contribution < 1.29 is 35.4 Å². The predicted octanol–water partition coefficient (Wildman–Crippen LogP) is 5.52. The molecule has 0 bridgehead atoms. The monoisotopic (exact) mass is 893 g/mol. The van der Waals surface area contributed by atoms with E-state index in [9.17, 15) is 25.9 Å². The summed E-state index contributed by atoms with van der Waals surface area (Å²) in [5, 5.41) is 9.26. The lowest BCUT2D eigenvalue weighted by Gasteiger charge is -2.27. The summed E-state index contributed by atoms with van der Waals surface area (Å²) in [4.78, 5) is 30.5. The number of ether oxygens (including phenoxy) is 2. The zero-order valence-electron chi connectivity index (χ0n) is 33.9. The van der Waals surface area contributed by atoms with Crippen molar-refractivity contribution in [3.05, 3.63) is 119 Å². The van der Waals surface area contributed by atoms with E-state index in [1.54, 1.807) is 12.1 Å². The maximum absolute atomic E-state index is 12.8. The van der Waals surface area contributed by atoms with Crippen molar-refractivity contribution in [2.45, 2.75) is 23.1 Å². The molecule has 2 aliphatic rings. The van der Waals surface area contributed by atoms with Crippen LogP contribution in [0.5, 0.6) is 0 Å². The molecule has 0 unspecified atom stereocenters. The van der Waals surface area contributed by atoms with Gasteiger partial charge in [-0.2, -0.15) is 46.7 Å². The Labute approximate surface area is 363 Å². The number of benzene rings is 4. The average molecular weight is 894 g/mol. The molecule has 19 nitrogen and oxygen atoms in total. The minimum absolute atomic E-state index is 0.0182. The first-order valence-electron chi connectivity index (χ1n) is 19.8. The standard InChI is InChI=1S/C42H43N11O8S2/c1-28-7-13-32(14-8-28)43-39-48-40(51-42(50-39)53-19-23-61-24-20-53)45-34-16-12-31(36(27-34)63(57,58)59)10-9-30-11-15-33(26-35(30)62(54,55)56)44-38-46-37(25-29-5-3-2-4-6-29)47-41(49-38)52-17-21-60-22-18-52/h2-16,26-27H,17-25H2,1H3,(H,54,55,56)(H,57,58,59)(H,44,46,47,49)(H2,43,45,48,50,51). The van der Waals surface area contributed by atoms with Crippen molar-refractivity contribution in [2.24, 2.45) is 0 Å². The molecule has 63 heavy (non-hydrogen) atoms. The van der Waals surface area contributed by atoms with Gasteiger partial charge in [-0.05, 0) is 60.0 Å². The largest absolute Gasteiger partial charge is 0.378 e. The van der Waals surface area contributed by atoms with Gasteiger partial charge in [0.15, 0.2) is 0 Å². The number of aryl methyl sites for hydroxylation is 1. The molecule has 0 radical (unpaired) electrons. The third-order valence-electron chi connectivity index (χ3n) is 9.93. The van der Waals surface area contributed by atoms with Crippen LogP contribution in [0.1, 0.15) is 28.1 Å². The predicted molar refractivity (Wildman–Crippen MR) is 237 cm³/mol. The second kappa shape index (κ2) is 18.8. The molecule has 326 valence electrons. The fourth-order valence-electron chi connectivity index (χ4n) is 6.76. The van der Waals surface area contributed by atoms with Gasteiger partial charge in [-0.15, -0.1) is 0 Å². The fraction of sp³-hybridized carbons (Fsp3) is 0.238. The van der Waals surface area contributed by atoms with E-state index in [0.29, 0.717) is 76.7 Å². The topological polar surface area (TPSA) is 247 Å². The molecule has 0 aliphatic carbocycles. The van der Waals surface area contributed by atoms with Crippen LogP contribution in [0.2, 0.25) is 0 Å². The number of hydrogen-bond donors (Lipinski definition) is 5. The molecule has 0 spiro atoms. The van der Waals surface area contributed by atoms with Crippen LogP contribution in [0.3, 0.4) is 0 Å². The first-order valence-corrected chi connectivity index (χ1v) is 22.7. The number of nitrogens with one attached hydrogen (secondary N) is 3. The van der Waals surface area contributed by atoms with Crippen LogP contribution in [0.4, 0.5) is 46.8 Å². The summed E-state index contributed by atoms with van der Waals surface area (Å²) >= 11 is 0. The summed E-state index contributed by atoms with van der Waals surface area (Å²) in [6, 6.07) is 25.7. The number of rotatable bonds is 14. The highest BCUT2D eigenvalue weighted by atomic mass is 32.2. The zero-order valence-corrected chi connectivity index (χ0v) is 35.6. The molecule has 0 saturated carbocycles. The Morgan fingerprint density at radius 3 is 1.51 bits per heavy atom. The first kappa shape index (κ1) is 43.0. The molecule has 2 aliphatic heterocycles. The highest BCUT2D eigenvalue weighted by Gasteiger charge is 2.22. The summed E-state index contributed by atoms with van der Waals surface area (Å²) in [5.74, 6) is 1.77. The van der Waals surface area contributed by atoms with Gasteiger partial charge >= 0.3 is 0 Å². The Morgan fingerprint density at radius 2 is 1.02 bits per heavy atom. The van der Waals surface area contributed by atoms with Crippen LogP contribution in [0, 0.1) is 6.92 Å². The van der Waals surface area contributed by atoms with Gasteiger partial charge in [0.1, 0.15) is 15.6 Å². The quantitative estimate of drug-likeness (QED) is 0.0667. The number of morpholine rings is 2. The Hall–Kier alpha value is -6.62. The van der Waals surface area contributed by atoms with E-state index >= 15 is 0 Å². The van der Waals surface area contributed by atoms with Crippen molar-refractivity contribution in [2.75, 3.05) is 78.4 Å². The first-order chi connectivity index (χ1) is 30.3. The summed E-state index contributed by atoms with van der Waals surface area (Å²) in [7, 11) is -9.65. The van der Waals surface area contributed by atoms with Gasteiger partial charge in [-0.25, -0.2) is 0 Å². The lowest BCUT2D eigenvalue weighted by molar-refractivity contribution is 0.122. The number of nitrogens with zero attached hydrogens (tertiary/aromatic N) is 8. The molecule has 0 amide bonds. The Morgan fingerprint density at radius 1 is 0.571 bits per heavy atom. The van der Waals surface area contributed by atoms with Gasteiger partial charge in [0.2, 0.25) is 29.7 Å². The van der Waals surface area contributed by atoms with Gasteiger partial charge in [0, 0.05) is 49.7 Å². The molecule has 0 atom stereocenters. The second-order valence-corrected chi connectivity index (χ2v) is 17.3. The molecule has 6 aromatic rings. The van der Waals surface area contributed by atoms with E-state index < -0.39 is 30.0 Å². The minimum Gasteiger partial charge on any atom is -0.378 e. The van der Waals surface area contributed by atoms with E-state index in [4.69, 9.17) is 14.5 Å². The molecule has 2 saturated heterocycles. The van der Waals surface area contributed by atoms with Gasteiger partial charge in [0.25, 0.3) is 20.2 Å². The molecule has 8 rings (SSSR count). The maximum atomic E-state index is 12.8. The lowest BCUT2D eigenvalue weighted by atomic mass is 10.1. The van der Waals surface area contributed by atoms with Crippen LogP contribution in [-0.2, 0) is 36.1 Å².